The number of hydrogen-bond donors (Lipinski definition) is 7. The minimum absolute atomic E-state index is 0. The number of carboxylic acids is 1. The number of ether oxygens (including phenoxy) is 2. The van der Waals surface area contributed by atoms with Gasteiger partial charge in [-0.2, -0.15) is 17.6 Å². The number of aliphatic hydroxyl groups excluding tert-OH is 2. The van der Waals surface area contributed by atoms with Gasteiger partial charge in [0.05, 0.1) is 33.4 Å². The Morgan fingerprint density at radius 3 is 1.46 bits per heavy atom. The van der Waals surface area contributed by atoms with Crippen molar-refractivity contribution in [3.05, 3.63) is 128 Å². The number of carboxylic acid groups (broad SMARTS) is 1. The zero-order valence-electron chi connectivity index (χ0n) is 43.0. The van der Waals surface area contributed by atoms with Gasteiger partial charge in [-0.15, -0.1) is 0 Å². The van der Waals surface area contributed by atoms with Crippen molar-refractivity contribution in [2.45, 2.75) is 101 Å². The summed E-state index contributed by atoms with van der Waals surface area (Å²) in [6.45, 7) is 11.0. The Morgan fingerprint density at radius 1 is 0.641 bits per heavy atom. The Morgan fingerprint density at radius 2 is 1.05 bits per heavy atom. The molecule has 0 spiro atoms. The first-order chi connectivity index (χ1) is 36.0. The first-order valence-electron chi connectivity index (χ1n) is 24.6. The van der Waals surface area contributed by atoms with Crippen LogP contribution in [0.5, 0.6) is 11.5 Å². The van der Waals surface area contributed by atoms with Gasteiger partial charge in [0.1, 0.15) is 42.0 Å². The Kier molecular flexibility index (Phi) is 22.7. The van der Waals surface area contributed by atoms with Gasteiger partial charge in [0.15, 0.2) is 11.5 Å². The van der Waals surface area contributed by atoms with Crippen LogP contribution < -0.4 is 20.5 Å². The topological polar surface area (TPSA) is 225 Å². The Balaban J connectivity index is 0.000000237. The number of nitrogens with zero attached hydrogens (tertiary/aromatic N) is 2. The maximum atomic E-state index is 15.2. The molecule has 2 saturated heterocycles. The molecule has 425 valence electrons. The second-order valence-electron chi connectivity index (χ2n) is 20.3. The summed E-state index contributed by atoms with van der Waals surface area (Å²) in [5.74, 6) is -12.8. The van der Waals surface area contributed by atoms with Crippen LogP contribution in [0.1, 0.15) is 88.2 Å². The first kappa shape index (κ1) is 64.5. The molecule has 24 heteroatoms. The number of rotatable bonds is 19. The summed E-state index contributed by atoms with van der Waals surface area (Å²) in [4.78, 5) is 27.5. The van der Waals surface area contributed by atoms with Crippen LogP contribution in [0.25, 0.3) is 21.9 Å². The number of fused-ring (bicyclic) bond motifs is 2. The van der Waals surface area contributed by atoms with Crippen LogP contribution in [0.15, 0.2) is 93.8 Å². The number of aliphatic hydroxyl groups is 4. The van der Waals surface area contributed by atoms with E-state index in [9.17, 15) is 38.8 Å². The van der Waals surface area contributed by atoms with E-state index in [2.05, 4.69) is 10.2 Å². The fourth-order valence-corrected chi connectivity index (χ4v) is 9.12. The van der Waals surface area contributed by atoms with Crippen molar-refractivity contribution in [3.63, 3.8) is 0 Å². The molecule has 1 radical (unpaired) electrons. The van der Waals surface area contributed by atoms with E-state index in [1.165, 1.54) is 61.4 Å². The molecule has 2 aromatic heterocycles. The number of hydrogen-bond acceptors (Lipinski definition) is 13. The predicted molar refractivity (Wildman–Crippen MR) is 286 cm³/mol. The molecule has 15 nitrogen and oxygen atoms in total. The zero-order chi connectivity index (χ0) is 56.6. The number of alkyl halides is 4. The number of likely N-dealkylation sites (tertiary alicyclic amines) is 2. The van der Waals surface area contributed by atoms with E-state index in [-0.39, 0.29) is 60.5 Å². The molecule has 0 bridgehead atoms. The van der Waals surface area contributed by atoms with Crippen molar-refractivity contribution < 1.29 is 89.5 Å². The molecule has 2 fully saturated rings. The molecule has 2 aliphatic rings. The number of halogens is 8. The molecule has 8 N–H and O–H groups in total. The smallest absolute Gasteiger partial charge is 0.399 e. The number of carbonyl (C=O) groups excluding carboxylic acids is 1. The van der Waals surface area contributed by atoms with Crippen LogP contribution in [-0.2, 0) is 40.0 Å². The third-order valence-electron chi connectivity index (χ3n) is 12.3. The molecular weight excluding hydrogens is 1150 g/mol. The largest absolute Gasteiger partial charge is 0.489 e. The molecule has 0 aliphatic carbocycles. The number of benzene rings is 4. The Bertz CT molecular complexity index is 2960. The summed E-state index contributed by atoms with van der Waals surface area (Å²) in [5, 5.41) is 53.8. The van der Waals surface area contributed by atoms with E-state index in [1.807, 2.05) is 4.90 Å². The maximum absolute atomic E-state index is 15.2. The summed E-state index contributed by atoms with van der Waals surface area (Å²) < 4.78 is 77.7. The summed E-state index contributed by atoms with van der Waals surface area (Å²) in [5.41, 5.74) is 5.46. The van der Waals surface area contributed by atoms with E-state index >= 15 is 8.78 Å². The molecule has 4 heterocycles. The standard InChI is InChI=1S/C27H30Cl2F2N2O5.C17H27ClN2O3.C10H5ClF2O3.V/c1-26(2,36)15-37-22-7-5-16(12-19(22)29)24(34)20(14-33-9-3-4-10-33)32-25(35)27(30,31)23-13-17-11-18(28)6-8-21(17)38-23;1-17(2,22)11-23-15-6-5-12(9-13(15)18)16(21)14(19)10-20-7-3-4-8-20;11-6-1-2-7-5(3-6)4-8(16-7)10(12,13)9(14)15;/h5-8,11-13,20,24,34,36H,3-4,9-10,14-15H2,1-2H3,(H,32,35);5-6,9,14,16,21-22H,3-4,7-8,10-11,19H2,1-2H3;1-4H,(H,14,15);/t20-,24-;14-,16?;;/m11../s1. The fraction of sp³-hybridized carbons (Fsp3) is 0.444. The minimum Gasteiger partial charge on any atom is -0.489 e. The summed E-state index contributed by atoms with van der Waals surface area (Å²) in [7, 11) is 0. The number of nitrogens with two attached hydrogens (primary N) is 1. The zero-order valence-corrected chi connectivity index (χ0v) is 47.4. The fourth-order valence-electron chi connectivity index (χ4n) is 8.27. The third-order valence-corrected chi connectivity index (χ3v) is 13.4. The second-order valence-corrected chi connectivity index (χ2v) is 22.0. The van der Waals surface area contributed by atoms with Gasteiger partial charge < -0.3 is 64.7 Å². The third kappa shape index (κ3) is 17.8. The van der Waals surface area contributed by atoms with Crippen LogP contribution in [0.3, 0.4) is 0 Å². The van der Waals surface area contributed by atoms with Gasteiger partial charge in [0.2, 0.25) is 0 Å². The van der Waals surface area contributed by atoms with Gasteiger partial charge in [-0.3, -0.25) is 4.79 Å². The minimum atomic E-state index is -4.04. The van der Waals surface area contributed by atoms with Crippen LogP contribution in [0.4, 0.5) is 17.6 Å². The molecule has 8 rings (SSSR count). The van der Waals surface area contributed by atoms with E-state index in [4.69, 9.17) is 75.6 Å². The van der Waals surface area contributed by atoms with E-state index in [0.717, 1.165) is 51.2 Å². The average molecular weight is 1210 g/mol. The second kappa shape index (κ2) is 27.4. The monoisotopic (exact) mass is 1210 g/mol. The normalized spacial score (nSPS) is 16.1. The number of amides is 1. The Labute approximate surface area is 480 Å². The van der Waals surface area contributed by atoms with Crippen molar-refractivity contribution in [2.75, 3.05) is 52.5 Å². The molecule has 4 atom stereocenters. The number of nitrogens with one attached hydrogen (secondary N) is 1. The van der Waals surface area contributed by atoms with E-state index < -0.39 is 64.7 Å². The first-order valence-corrected chi connectivity index (χ1v) is 26.1. The van der Waals surface area contributed by atoms with Crippen LogP contribution in [-0.4, -0.2) is 123 Å². The predicted octanol–water partition coefficient (Wildman–Crippen LogP) is 10.5. The Hall–Kier alpha value is -4.32. The number of aliphatic carboxylic acids is 1. The molecular formula is C54H62Cl4F4N4O11V. The van der Waals surface area contributed by atoms with Crippen molar-refractivity contribution >= 4 is 80.2 Å². The summed E-state index contributed by atoms with van der Waals surface area (Å²) >= 11 is 24.1. The van der Waals surface area contributed by atoms with Gasteiger partial charge in [-0.1, -0.05) is 58.5 Å². The van der Waals surface area contributed by atoms with Crippen molar-refractivity contribution in [2.24, 2.45) is 5.73 Å². The molecule has 1 amide bonds. The van der Waals surface area contributed by atoms with Gasteiger partial charge in [0, 0.05) is 58.5 Å². The maximum Gasteiger partial charge on any atom is 0.399 e. The van der Waals surface area contributed by atoms with Crippen LogP contribution >= 0.6 is 46.4 Å². The molecule has 2 aliphatic heterocycles. The molecule has 4 aromatic carbocycles. The van der Waals surface area contributed by atoms with E-state index in [1.54, 1.807) is 52.0 Å². The molecule has 0 saturated carbocycles. The quantitative estimate of drug-likeness (QED) is 0.0375. The summed E-state index contributed by atoms with van der Waals surface area (Å²) in [6.07, 6.45) is 2.16. The van der Waals surface area contributed by atoms with Crippen molar-refractivity contribution in [3.8, 4) is 11.5 Å². The SMILES string of the molecule is CC(C)(O)COc1ccc(C(O)[C@H](N)CN2CCCC2)cc1Cl.CC(C)(O)COc1ccc([C@@H](O)[C@@H](CN2CCCC2)NC(=O)C(F)(F)c2cc3cc(Cl)ccc3o2)cc1Cl.O=C(O)C(F)(F)c1cc2cc(Cl)ccc2o1.[V]. The molecule has 78 heavy (non-hydrogen) atoms. The van der Waals surface area contributed by atoms with Gasteiger partial charge in [-0.05, 0) is 163 Å². The van der Waals surface area contributed by atoms with Crippen molar-refractivity contribution in [1.29, 1.82) is 0 Å². The summed E-state index contributed by atoms with van der Waals surface area (Å²) in [6, 6.07) is 19.0. The van der Waals surface area contributed by atoms with Crippen LogP contribution in [0.2, 0.25) is 20.1 Å². The van der Waals surface area contributed by atoms with Gasteiger partial charge >= 0.3 is 17.8 Å². The van der Waals surface area contributed by atoms with Crippen LogP contribution in [0, 0.1) is 0 Å². The number of carbonyl (C=O) groups is 2. The molecule has 6 aromatic rings. The van der Waals surface area contributed by atoms with Gasteiger partial charge in [0.25, 0.3) is 5.91 Å². The average Bonchev–Trinajstić information content (AvgIpc) is 4.21. The van der Waals surface area contributed by atoms with E-state index in [0.29, 0.717) is 55.0 Å². The van der Waals surface area contributed by atoms with Gasteiger partial charge in [-0.25, -0.2) is 4.79 Å². The number of furan rings is 2. The molecule has 1 unspecified atom stereocenters. The van der Waals surface area contributed by atoms with Crippen molar-refractivity contribution in [1.82, 2.24) is 15.1 Å².